The molecule has 0 saturated carbocycles. The van der Waals surface area contributed by atoms with Gasteiger partial charge >= 0.3 is 0 Å². The highest BCUT2D eigenvalue weighted by Gasteiger charge is 2.14. The molecule has 0 aromatic heterocycles. The first-order valence-corrected chi connectivity index (χ1v) is 15.4. The van der Waals surface area contributed by atoms with Crippen LogP contribution in [0.25, 0.3) is 10.8 Å². The second-order valence-corrected chi connectivity index (χ2v) is 10.7. The molecule has 41 heavy (non-hydrogen) atoms. The van der Waals surface area contributed by atoms with E-state index >= 15 is 0 Å². The van der Waals surface area contributed by atoms with Gasteiger partial charge in [-0.1, -0.05) is 48.0 Å². The Labute approximate surface area is 243 Å². The molecule has 3 rings (SSSR count). The molecule has 3 aromatic rings. The Morgan fingerprint density at radius 3 is 1.83 bits per heavy atom. The third kappa shape index (κ3) is 12.1. The topological polar surface area (TPSA) is 98.8 Å². The zero-order valence-corrected chi connectivity index (χ0v) is 24.9. The van der Waals surface area contributed by atoms with Crippen LogP contribution in [-0.2, 0) is 44.4 Å². The van der Waals surface area contributed by atoms with Gasteiger partial charge < -0.3 is 28.4 Å². The van der Waals surface area contributed by atoms with E-state index in [0.717, 1.165) is 28.5 Å². The molecule has 0 saturated heterocycles. The summed E-state index contributed by atoms with van der Waals surface area (Å²) < 4.78 is 62.8. The summed E-state index contributed by atoms with van der Waals surface area (Å²) in [6.07, 6.45) is 0.741. The minimum absolute atomic E-state index is 0.0495. The van der Waals surface area contributed by atoms with E-state index in [1.165, 1.54) is 17.7 Å². The first kappa shape index (κ1) is 32.9. The maximum absolute atomic E-state index is 12.2. The molecular formula is C31H42O9S. The second kappa shape index (κ2) is 18.8. The van der Waals surface area contributed by atoms with Crippen LogP contribution in [0.1, 0.15) is 18.1 Å². The van der Waals surface area contributed by atoms with Crippen molar-refractivity contribution < 1.29 is 41.0 Å². The minimum atomic E-state index is -3.78. The molecule has 3 aromatic carbocycles. The van der Waals surface area contributed by atoms with Crippen molar-refractivity contribution in [3.63, 3.8) is 0 Å². The van der Waals surface area contributed by atoms with E-state index in [-0.39, 0.29) is 18.1 Å². The van der Waals surface area contributed by atoms with Crippen LogP contribution >= 0.6 is 0 Å². The highest BCUT2D eigenvalue weighted by atomic mass is 32.2. The molecule has 9 nitrogen and oxygen atoms in total. The van der Waals surface area contributed by atoms with Crippen molar-refractivity contribution in [3.8, 4) is 5.75 Å². The fraction of sp³-hybridized carbons (Fsp3) is 0.484. The molecule has 0 aliphatic carbocycles. The summed E-state index contributed by atoms with van der Waals surface area (Å²) in [5, 5.41) is 2.17. The van der Waals surface area contributed by atoms with Crippen LogP contribution in [0.2, 0.25) is 0 Å². The van der Waals surface area contributed by atoms with Gasteiger partial charge in [0.15, 0.2) is 0 Å². The smallest absolute Gasteiger partial charge is 0.297 e. The van der Waals surface area contributed by atoms with E-state index in [1.54, 1.807) is 12.1 Å². The van der Waals surface area contributed by atoms with Crippen LogP contribution in [0, 0.1) is 6.92 Å². The predicted molar refractivity (Wildman–Crippen MR) is 157 cm³/mol. The van der Waals surface area contributed by atoms with Crippen LogP contribution < -0.4 is 4.74 Å². The lowest BCUT2D eigenvalue weighted by atomic mass is 10.0. The molecule has 0 radical (unpaired) electrons. The van der Waals surface area contributed by atoms with Gasteiger partial charge in [0.1, 0.15) is 12.4 Å². The van der Waals surface area contributed by atoms with Gasteiger partial charge in [0.05, 0.1) is 71.0 Å². The molecule has 0 aliphatic heterocycles. The Morgan fingerprint density at radius 1 is 0.585 bits per heavy atom. The number of aryl methyl sites for hydroxylation is 1. The van der Waals surface area contributed by atoms with E-state index in [0.29, 0.717) is 66.1 Å². The molecular weight excluding hydrogens is 548 g/mol. The standard InChI is InChI=1S/C31H42O9S/c1-3-34-16-17-36-20-21-37-22-24-39-31-9-5-7-29-27(6-4-8-30(29)31)14-15-35-18-19-38-23-25-40-41(32,33)28-12-10-26(2)11-13-28/h4-13H,3,14-25H2,1-2H3. The molecule has 0 spiro atoms. The average molecular weight is 591 g/mol. The average Bonchev–Trinajstić information content (AvgIpc) is 2.97. The highest BCUT2D eigenvalue weighted by Crippen LogP contribution is 2.28. The van der Waals surface area contributed by atoms with Crippen molar-refractivity contribution in [1.82, 2.24) is 0 Å². The van der Waals surface area contributed by atoms with Crippen LogP contribution in [0.5, 0.6) is 5.75 Å². The van der Waals surface area contributed by atoms with E-state index in [1.807, 2.05) is 32.0 Å². The SMILES string of the molecule is CCOCCOCCOCCOc1cccc2c(CCOCCOCCOS(=O)(=O)c3ccc(C)cc3)cccc12. The number of fused-ring (bicyclic) bond motifs is 1. The van der Waals surface area contributed by atoms with Gasteiger partial charge in [-0.25, -0.2) is 0 Å². The normalized spacial score (nSPS) is 11.8. The Bertz CT molecular complexity index is 1250. The number of hydrogen-bond donors (Lipinski definition) is 0. The molecule has 0 fully saturated rings. The molecule has 10 heteroatoms. The first-order chi connectivity index (χ1) is 20.0. The zero-order chi connectivity index (χ0) is 29.2. The Hall–Kier alpha value is -2.57. The molecule has 0 amide bonds. The monoisotopic (exact) mass is 590 g/mol. The number of ether oxygens (including phenoxy) is 6. The van der Waals surface area contributed by atoms with Gasteiger partial charge in [0.25, 0.3) is 10.1 Å². The summed E-state index contributed by atoms with van der Waals surface area (Å²) in [7, 11) is -3.78. The third-order valence-electron chi connectivity index (χ3n) is 6.07. The summed E-state index contributed by atoms with van der Waals surface area (Å²) in [6, 6.07) is 18.7. The van der Waals surface area contributed by atoms with Crippen molar-refractivity contribution in [1.29, 1.82) is 0 Å². The van der Waals surface area contributed by atoms with Crippen LogP contribution in [-0.4, -0.2) is 87.7 Å². The largest absolute Gasteiger partial charge is 0.491 e. The molecule has 0 unspecified atom stereocenters. The summed E-state index contributed by atoms with van der Waals surface area (Å²) >= 11 is 0. The fourth-order valence-electron chi connectivity index (χ4n) is 3.96. The fourth-order valence-corrected chi connectivity index (χ4v) is 4.86. The summed E-state index contributed by atoms with van der Waals surface area (Å²) in [5.41, 5.74) is 2.15. The lowest BCUT2D eigenvalue weighted by Crippen LogP contribution is -2.14. The molecule has 0 aliphatic rings. The summed E-state index contributed by atoms with van der Waals surface area (Å²) in [5.74, 6) is 0.821. The minimum Gasteiger partial charge on any atom is -0.491 e. The molecule has 0 atom stereocenters. The summed E-state index contributed by atoms with van der Waals surface area (Å²) in [6.45, 7) is 9.11. The van der Waals surface area contributed by atoms with Gasteiger partial charge in [-0.15, -0.1) is 0 Å². The van der Waals surface area contributed by atoms with Crippen molar-refractivity contribution in [2.45, 2.75) is 25.2 Å². The van der Waals surface area contributed by atoms with Crippen LogP contribution in [0.4, 0.5) is 0 Å². The van der Waals surface area contributed by atoms with E-state index < -0.39 is 10.1 Å². The van der Waals surface area contributed by atoms with Gasteiger partial charge in [-0.3, -0.25) is 4.18 Å². The molecule has 0 N–H and O–H groups in total. The number of rotatable bonds is 22. The lowest BCUT2D eigenvalue weighted by molar-refractivity contribution is 0.0115. The molecule has 0 bridgehead atoms. The molecule has 226 valence electrons. The second-order valence-electron chi connectivity index (χ2n) is 9.10. The Morgan fingerprint density at radius 2 is 1.15 bits per heavy atom. The predicted octanol–water partition coefficient (Wildman–Crippen LogP) is 4.58. The van der Waals surface area contributed by atoms with Gasteiger partial charge in [-0.05, 0) is 49.4 Å². The maximum Gasteiger partial charge on any atom is 0.297 e. The molecule has 0 heterocycles. The van der Waals surface area contributed by atoms with Crippen molar-refractivity contribution in [3.05, 3.63) is 71.8 Å². The van der Waals surface area contributed by atoms with E-state index in [2.05, 4.69) is 18.2 Å². The lowest BCUT2D eigenvalue weighted by Gasteiger charge is -2.13. The van der Waals surface area contributed by atoms with Crippen molar-refractivity contribution in [2.24, 2.45) is 0 Å². The highest BCUT2D eigenvalue weighted by molar-refractivity contribution is 7.86. The van der Waals surface area contributed by atoms with E-state index in [9.17, 15) is 8.42 Å². The van der Waals surface area contributed by atoms with E-state index in [4.69, 9.17) is 32.6 Å². The number of benzene rings is 3. The van der Waals surface area contributed by atoms with Gasteiger partial charge in [0.2, 0.25) is 0 Å². The van der Waals surface area contributed by atoms with Gasteiger partial charge in [0, 0.05) is 12.0 Å². The van der Waals surface area contributed by atoms with Crippen LogP contribution in [0.3, 0.4) is 0 Å². The van der Waals surface area contributed by atoms with Gasteiger partial charge in [-0.2, -0.15) is 8.42 Å². The van der Waals surface area contributed by atoms with Crippen LogP contribution in [0.15, 0.2) is 65.6 Å². The Kier molecular flexibility index (Phi) is 15.1. The number of hydrogen-bond acceptors (Lipinski definition) is 9. The maximum atomic E-state index is 12.2. The van der Waals surface area contributed by atoms with Crippen molar-refractivity contribution >= 4 is 20.9 Å². The zero-order valence-electron chi connectivity index (χ0n) is 24.0. The Balaban J connectivity index is 1.29. The quantitative estimate of drug-likeness (QED) is 0.123. The third-order valence-corrected chi connectivity index (χ3v) is 7.40. The van der Waals surface area contributed by atoms with Crippen molar-refractivity contribution in [2.75, 3.05) is 79.3 Å². The first-order valence-electron chi connectivity index (χ1n) is 14.0. The summed E-state index contributed by atoms with van der Waals surface area (Å²) in [4.78, 5) is 0.137.